The van der Waals surface area contributed by atoms with E-state index < -0.39 is 0 Å². The van der Waals surface area contributed by atoms with E-state index in [1.807, 2.05) is 54.6 Å². The molecule has 0 saturated carbocycles. The van der Waals surface area contributed by atoms with Gasteiger partial charge in [-0.05, 0) is 134 Å². The number of hydrogen-bond acceptors (Lipinski definition) is 4. The first-order valence-electron chi connectivity index (χ1n) is 26.2. The molecule has 364 valence electrons. The van der Waals surface area contributed by atoms with E-state index in [1.165, 1.54) is 64.6 Å². The molecule has 0 spiro atoms. The summed E-state index contributed by atoms with van der Waals surface area (Å²) in [6.45, 7) is 0. The van der Waals surface area contributed by atoms with E-state index in [9.17, 15) is 4.79 Å². The lowest BCUT2D eigenvalue weighted by atomic mass is 9.90. The predicted octanol–water partition coefficient (Wildman–Crippen LogP) is 19.1. The van der Waals surface area contributed by atoms with Crippen LogP contribution in [0, 0.1) is 0 Å². The standard InChI is InChI=1S/C36H21ClN2.C36H22N2O/c37-36-38-34(22-10-2-1-3-11-22)33-21-31(28-16-8-9-17-30(28)35(33)39-36)23-18-19-29-26-14-5-4-12-24(26)25-13-6-7-15-27(25)32(29)20-23;39-36-37-34(22-10-2-1-3-11-22)33-21-31(28-16-8-9-17-30(28)35(33)38-36)23-18-19-29-26-14-5-4-12-24(26)25-13-6-7-15-27(25)32(29)20-23/h1-21H;1-21H,(H,37,38,39). The highest BCUT2D eigenvalue weighted by atomic mass is 35.5. The summed E-state index contributed by atoms with van der Waals surface area (Å²) in [6, 6.07) is 89.6. The molecular weight excluding hydrogens is 972 g/mol. The molecule has 0 aliphatic carbocycles. The third kappa shape index (κ3) is 7.39. The zero-order valence-electron chi connectivity index (χ0n) is 41.9. The van der Waals surface area contributed by atoms with Crippen LogP contribution in [0.1, 0.15) is 0 Å². The van der Waals surface area contributed by atoms with Crippen LogP contribution in [0.15, 0.2) is 260 Å². The summed E-state index contributed by atoms with van der Waals surface area (Å²) in [6.07, 6.45) is 0. The number of H-pyrrole nitrogens is 1. The van der Waals surface area contributed by atoms with Gasteiger partial charge in [-0.2, -0.15) is 4.98 Å². The summed E-state index contributed by atoms with van der Waals surface area (Å²) in [7, 11) is 0. The minimum absolute atomic E-state index is 0.253. The van der Waals surface area contributed by atoms with Crippen LogP contribution < -0.4 is 5.69 Å². The zero-order chi connectivity index (χ0) is 51.8. The van der Waals surface area contributed by atoms with Crippen molar-refractivity contribution in [2.24, 2.45) is 0 Å². The van der Waals surface area contributed by atoms with Crippen LogP contribution >= 0.6 is 11.6 Å². The monoisotopic (exact) mass is 1010 g/mol. The Morgan fingerprint density at radius 2 is 0.615 bits per heavy atom. The van der Waals surface area contributed by atoms with Gasteiger partial charge >= 0.3 is 5.69 Å². The summed E-state index contributed by atoms with van der Waals surface area (Å²) in [5, 5.41) is 21.6. The third-order valence-electron chi connectivity index (χ3n) is 15.6. The lowest BCUT2D eigenvalue weighted by Crippen LogP contribution is -2.11. The van der Waals surface area contributed by atoms with Gasteiger partial charge in [0.1, 0.15) is 0 Å². The maximum atomic E-state index is 12.7. The highest BCUT2D eigenvalue weighted by Gasteiger charge is 2.19. The van der Waals surface area contributed by atoms with E-state index >= 15 is 0 Å². The van der Waals surface area contributed by atoms with Gasteiger partial charge in [-0.15, -0.1) is 0 Å². The minimum Gasteiger partial charge on any atom is -0.305 e. The van der Waals surface area contributed by atoms with Gasteiger partial charge < -0.3 is 4.98 Å². The van der Waals surface area contributed by atoms with E-state index in [-0.39, 0.29) is 11.0 Å². The summed E-state index contributed by atoms with van der Waals surface area (Å²) >= 11 is 6.48. The number of rotatable bonds is 4. The van der Waals surface area contributed by atoms with Gasteiger partial charge in [0.25, 0.3) is 0 Å². The topological polar surface area (TPSA) is 71.5 Å². The van der Waals surface area contributed by atoms with Crippen molar-refractivity contribution in [1.82, 2.24) is 19.9 Å². The number of nitrogens with zero attached hydrogens (tertiary/aromatic N) is 3. The van der Waals surface area contributed by atoms with Gasteiger partial charge in [-0.3, -0.25) is 0 Å². The summed E-state index contributed by atoms with van der Waals surface area (Å²) in [5.41, 5.74) is 9.37. The molecule has 14 aromatic carbocycles. The average molecular weight is 1020 g/mol. The van der Waals surface area contributed by atoms with Gasteiger partial charge in [-0.25, -0.2) is 14.8 Å². The highest BCUT2D eigenvalue weighted by Crippen LogP contribution is 2.44. The largest absolute Gasteiger partial charge is 0.345 e. The van der Waals surface area contributed by atoms with Gasteiger partial charge in [-0.1, -0.05) is 231 Å². The molecular formula is C72H43ClN4O. The second kappa shape index (κ2) is 18.3. The van der Waals surface area contributed by atoms with Crippen LogP contribution in [0.3, 0.4) is 0 Å². The van der Waals surface area contributed by atoms with Gasteiger partial charge in [0.15, 0.2) is 0 Å². The van der Waals surface area contributed by atoms with Gasteiger partial charge in [0.05, 0.1) is 22.4 Å². The van der Waals surface area contributed by atoms with Crippen LogP contribution in [0.5, 0.6) is 0 Å². The van der Waals surface area contributed by atoms with Crippen LogP contribution in [-0.2, 0) is 0 Å². The molecule has 5 nitrogen and oxygen atoms in total. The van der Waals surface area contributed by atoms with Crippen molar-refractivity contribution in [1.29, 1.82) is 0 Å². The average Bonchev–Trinajstić information content (AvgIpc) is 3.51. The SMILES string of the molecule is Clc1nc(-c2ccccc2)c2cc(-c3ccc4c5ccccc5c5ccccc5c4c3)c3ccccc3c2n1.O=c1nc(-c2ccccc2)c2cc(-c3ccc4c5ccccc5c5ccccc5c4c3)c3ccccc3c2[nH]1. The van der Waals surface area contributed by atoms with Crippen molar-refractivity contribution < 1.29 is 0 Å². The van der Waals surface area contributed by atoms with Crippen molar-refractivity contribution in [3.8, 4) is 44.8 Å². The Morgan fingerprint density at radius 3 is 1.08 bits per heavy atom. The molecule has 16 rings (SSSR count). The van der Waals surface area contributed by atoms with E-state index in [0.717, 1.165) is 82.4 Å². The molecule has 1 N–H and O–H groups in total. The molecule has 0 amide bonds. The summed E-state index contributed by atoms with van der Waals surface area (Å²) in [5.74, 6) is 0. The Kier molecular flexibility index (Phi) is 10.7. The van der Waals surface area contributed by atoms with Crippen LogP contribution in [0.2, 0.25) is 5.28 Å². The Labute approximate surface area is 452 Å². The van der Waals surface area contributed by atoms with E-state index in [4.69, 9.17) is 21.6 Å². The van der Waals surface area contributed by atoms with Crippen LogP contribution in [-0.4, -0.2) is 19.9 Å². The predicted molar refractivity (Wildman–Crippen MR) is 329 cm³/mol. The minimum atomic E-state index is -0.344. The molecule has 0 atom stereocenters. The van der Waals surface area contributed by atoms with E-state index in [2.05, 4.69) is 210 Å². The lowest BCUT2D eigenvalue weighted by Gasteiger charge is -2.15. The molecule has 0 aliphatic rings. The van der Waals surface area contributed by atoms with E-state index in [1.54, 1.807) is 0 Å². The number of hydrogen-bond donors (Lipinski definition) is 1. The fourth-order valence-corrected chi connectivity index (χ4v) is 12.4. The number of benzene rings is 14. The summed E-state index contributed by atoms with van der Waals surface area (Å²) in [4.78, 5) is 29.5. The fraction of sp³-hybridized carbons (Fsp3) is 0. The Balaban J connectivity index is 0.000000136. The molecule has 6 heteroatoms. The first-order chi connectivity index (χ1) is 38.5. The van der Waals surface area contributed by atoms with Crippen molar-refractivity contribution in [3.63, 3.8) is 0 Å². The fourth-order valence-electron chi connectivity index (χ4n) is 12.2. The normalized spacial score (nSPS) is 11.7. The number of aromatic nitrogens is 4. The number of fused-ring (bicyclic) bond motifs is 18. The van der Waals surface area contributed by atoms with Crippen molar-refractivity contribution in [3.05, 3.63) is 271 Å². The van der Waals surface area contributed by atoms with Gasteiger partial charge in [0.2, 0.25) is 5.28 Å². The van der Waals surface area contributed by atoms with Crippen LogP contribution in [0.4, 0.5) is 0 Å². The van der Waals surface area contributed by atoms with E-state index in [0.29, 0.717) is 5.69 Å². The molecule has 0 saturated heterocycles. The highest BCUT2D eigenvalue weighted by molar-refractivity contribution is 6.30. The molecule has 0 unspecified atom stereocenters. The smallest absolute Gasteiger partial charge is 0.305 e. The third-order valence-corrected chi connectivity index (χ3v) is 15.8. The van der Waals surface area contributed by atoms with Crippen LogP contribution in [0.25, 0.3) is 153 Å². The second-order valence-electron chi connectivity index (χ2n) is 19.9. The first kappa shape index (κ1) is 45.3. The maximum absolute atomic E-state index is 12.7. The molecule has 16 aromatic rings. The Bertz CT molecular complexity index is 5120. The molecule has 0 bridgehead atoms. The maximum Gasteiger partial charge on any atom is 0.345 e. The zero-order valence-corrected chi connectivity index (χ0v) is 42.6. The molecule has 0 radical (unpaired) electrons. The molecule has 0 aliphatic heterocycles. The van der Waals surface area contributed by atoms with Crippen molar-refractivity contribution in [2.75, 3.05) is 0 Å². The summed E-state index contributed by atoms with van der Waals surface area (Å²) < 4.78 is 0. The Morgan fingerprint density at radius 1 is 0.269 bits per heavy atom. The molecule has 0 fully saturated rings. The van der Waals surface area contributed by atoms with Crippen molar-refractivity contribution in [2.45, 2.75) is 0 Å². The molecule has 78 heavy (non-hydrogen) atoms. The quantitative estimate of drug-likeness (QED) is 0.141. The van der Waals surface area contributed by atoms with Gasteiger partial charge in [0, 0.05) is 32.7 Å². The second-order valence-corrected chi connectivity index (χ2v) is 20.3. The molecule has 2 aromatic heterocycles. The number of nitrogens with one attached hydrogen (secondary N) is 1. The van der Waals surface area contributed by atoms with Crippen molar-refractivity contribution >= 4 is 120 Å². The number of halogens is 1. The lowest BCUT2D eigenvalue weighted by molar-refractivity contribution is 1.13. The number of aromatic amines is 1. The Hall–Kier alpha value is -10.1. The first-order valence-corrected chi connectivity index (χ1v) is 26.5. The molecule has 2 heterocycles.